The van der Waals surface area contributed by atoms with Gasteiger partial charge in [0.05, 0.1) is 12.2 Å². The molecule has 1 aromatic rings. The molecule has 2 saturated heterocycles. The highest BCUT2D eigenvalue weighted by molar-refractivity contribution is 5.91. The molecule has 3 heterocycles. The summed E-state index contributed by atoms with van der Waals surface area (Å²) in [6.45, 7) is 8.72. The maximum Gasteiger partial charge on any atom is 0.240 e. The molecule has 0 aromatic carbocycles. The summed E-state index contributed by atoms with van der Waals surface area (Å²) < 4.78 is 5.13. The van der Waals surface area contributed by atoms with Crippen molar-refractivity contribution >= 4 is 11.8 Å². The Morgan fingerprint density at radius 3 is 2.80 bits per heavy atom. The number of anilines is 1. The van der Waals surface area contributed by atoms with Gasteiger partial charge in [0.25, 0.3) is 0 Å². The lowest BCUT2D eigenvalue weighted by Crippen LogP contribution is -2.33. The molecule has 2 atom stereocenters. The van der Waals surface area contributed by atoms with E-state index in [1.807, 2.05) is 13.8 Å². The number of nitrogens with zero attached hydrogens (tertiary/aromatic N) is 2. The van der Waals surface area contributed by atoms with Crippen LogP contribution in [0, 0.1) is 11.8 Å². The van der Waals surface area contributed by atoms with Crippen LogP contribution in [-0.2, 0) is 4.79 Å². The standard InChI is InChI=1S/C14H22N4O2/c1-9(2)12-3-14(20-17-12)16-13(19)8-18-6-10-4-15-5-11(10)7-18/h3,9-11,15H,4-8H2,1-2H3,(H,16,19)/t10-,11+. The number of carbonyl (C=O) groups excluding carboxylic acids is 1. The number of hydrogen-bond donors (Lipinski definition) is 2. The Bertz CT molecular complexity index is 473. The lowest BCUT2D eigenvalue weighted by Gasteiger charge is -2.15. The Morgan fingerprint density at radius 1 is 1.50 bits per heavy atom. The summed E-state index contributed by atoms with van der Waals surface area (Å²) in [5, 5.41) is 10.1. The molecule has 2 N–H and O–H groups in total. The molecule has 6 heteroatoms. The maximum absolute atomic E-state index is 12.0. The van der Waals surface area contributed by atoms with Crippen LogP contribution in [-0.4, -0.2) is 48.7 Å². The van der Waals surface area contributed by atoms with Gasteiger partial charge in [0.1, 0.15) is 0 Å². The van der Waals surface area contributed by atoms with Crippen molar-refractivity contribution in [2.75, 3.05) is 38.0 Å². The molecule has 2 fully saturated rings. The second-order valence-electron chi connectivity index (χ2n) is 6.19. The van der Waals surface area contributed by atoms with Crippen LogP contribution in [0.15, 0.2) is 10.6 Å². The van der Waals surface area contributed by atoms with Gasteiger partial charge in [0.2, 0.25) is 11.8 Å². The zero-order valence-corrected chi connectivity index (χ0v) is 12.1. The molecule has 2 aliphatic heterocycles. The maximum atomic E-state index is 12.0. The van der Waals surface area contributed by atoms with Gasteiger partial charge >= 0.3 is 0 Å². The molecule has 0 bridgehead atoms. The molecule has 1 aromatic heterocycles. The molecular formula is C14H22N4O2. The van der Waals surface area contributed by atoms with E-state index < -0.39 is 0 Å². The Kier molecular flexibility index (Phi) is 3.76. The number of nitrogens with one attached hydrogen (secondary N) is 2. The van der Waals surface area contributed by atoms with Crippen molar-refractivity contribution in [2.45, 2.75) is 19.8 Å². The number of hydrogen-bond acceptors (Lipinski definition) is 5. The van der Waals surface area contributed by atoms with Crippen LogP contribution in [0.4, 0.5) is 5.88 Å². The highest BCUT2D eigenvalue weighted by Crippen LogP contribution is 2.26. The first kappa shape index (κ1) is 13.6. The fraction of sp³-hybridized carbons (Fsp3) is 0.714. The van der Waals surface area contributed by atoms with Crippen molar-refractivity contribution < 1.29 is 9.32 Å². The van der Waals surface area contributed by atoms with Crippen LogP contribution in [0.1, 0.15) is 25.5 Å². The van der Waals surface area contributed by atoms with E-state index in [0.29, 0.717) is 30.2 Å². The zero-order chi connectivity index (χ0) is 14.1. The van der Waals surface area contributed by atoms with Gasteiger partial charge in [-0.3, -0.25) is 15.0 Å². The third-order valence-electron chi connectivity index (χ3n) is 4.21. The van der Waals surface area contributed by atoms with Gasteiger partial charge in [-0.05, 0) is 30.8 Å². The van der Waals surface area contributed by atoms with Crippen LogP contribution < -0.4 is 10.6 Å². The van der Waals surface area contributed by atoms with E-state index in [2.05, 4.69) is 20.7 Å². The number of rotatable bonds is 4. The van der Waals surface area contributed by atoms with Gasteiger partial charge in [-0.15, -0.1) is 0 Å². The molecule has 2 aliphatic rings. The Balaban J connectivity index is 1.49. The molecule has 0 saturated carbocycles. The van der Waals surface area contributed by atoms with Gasteiger partial charge < -0.3 is 9.84 Å². The first-order chi connectivity index (χ1) is 9.61. The average molecular weight is 278 g/mol. The molecule has 0 aliphatic carbocycles. The quantitative estimate of drug-likeness (QED) is 0.856. The summed E-state index contributed by atoms with van der Waals surface area (Å²) in [6, 6.07) is 1.80. The summed E-state index contributed by atoms with van der Waals surface area (Å²) in [6.07, 6.45) is 0. The summed E-state index contributed by atoms with van der Waals surface area (Å²) >= 11 is 0. The first-order valence-corrected chi connectivity index (χ1v) is 7.31. The summed E-state index contributed by atoms with van der Waals surface area (Å²) in [5.41, 5.74) is 0.863. The van der Waals surface area contributed by atoms with E-state index in [9.17, 15) is 4.79 Å². The molecule has 110 valence electrons. The normalized spacial score (nSPS) is 26.1. The number of amides is 1. The van der Waals surface area contributed by atoms with Crippen molar-refractivity contribution in [3.05, 3.63) is 11.8 Å². The first-order valence-electron chi connectivity index (χ1n) is 7.31. The van der Waals surface area contributed by atoms with Crippen LogP contribution in [0.3, 0.4) is 0 Å². The Hall–Kier alpha value is -1.40. The van der Waals surface area contributed by atoms with E-state index in [4.69, 9.17) is 4.52 Å². The predicted molar refractivity (Wildman–Crippen MR) is 75.5 cm³/mol. The van der Waals surface area contributed by atoms with Gasteiger partial charge in [-0.1, -0.05) is 19.0 Å². The minimum Gasteiger partial charge on any atom is -0.338 e. The van der Waals surface area contributed by atoms with Gasteiger partial charge in [0, 0.05) is 19.2 Å². The van der Waals surface area contributed by atoms with Crippen molar-refractivity contribution in [3.63, 3.8) is 0 Å². The van der Waals surface area contributed by atoms with Crippen LogP contribution in [0.2, 0.25) is 0 Å². The van der Waals surface area contributed by atoms with Crippen molar-refractivity contribution in [1.29, 1.82) is 0 Å². The fourth-order valence-electron chi connectivity index (χ4n) is 3.08. The van der Waals surface area contributed by atoms with Crippen LogP contribution in [0.25, 0.3) is 0 Å². The lowest BCUT2D eigenvalue weighted by molar-refractivity contribution is -0.117. The molecule has 20 heavy (non-hydrogen) atoms. The second-order valence-corrected chi connectivity index (χ2v) is 6.19. The van der Waals surface area contributed by atoms with Gasteiger partial charge in [0.15, 0.2) is 0 Å². The van der Waals surface area contributed by atoms with Gasteiger partial charge in [-0.2, -0.15) is 0 Å². The number of likely N-dealkylation sites (tertiary alicyclic amines) is 1. The van der Waals surface area contributed by atoms with E-state index in [0.717, 1.165) is 31.9 Å². The highest BCUT2D eigenvalue weighted by atomic mass is 16.5. The van der Waals surface area contributed by atoms with E-state index in [1.165, 1.54) is 0 Å². The van der Waals surface area contributed by atoms with Crippen molar-refractivity contribution in [3.8, 4) is 0 Å². The topological polar surface area (TPSA) is 70.4 Å². The summed E-state index contributed by atoms with van der Waals surface area (Å²) in [5.74, 6) is 2.14. The highest BCUT2D eigenvalue weighted by Gasteiger charge is 2.36. The van der Waals surface area contributed by atoms with Crippen LogP contribution in [0.5, 0.6) is 0 Å². The third kappa shape index (κ3) is 2.86. The molecule has 0 unspecified atom stereocenters. The molecular weight excluding hydrogens is 256 g/mol. The number of carbonyl (C=O) groups is 1. The number of fused-ring (bicyclic) bond motifs is 1. The Labute approximate surface area is 118 Å². The second kappa shape index (κ2) is 5.54. The van der Waals surface area contributed by atoms with Crippen molar-refractivity contribution in [1.82, 2.24) is 15.4 Å². The lowest BCUT2D eigenvalue weighted by atomic mass is 10.0. The molecule has 1 amide bonds. The third-order valence-corrected chi connectivity index (χ3v) is 4.21. The monoisotopic (exact) mass is 278 g/mol. The molecule has 3 rings (SSSR count). The minimum absolute atomic E-state index is 0.0237. The van der Waals surface area contributed by atoms with E-state index in [1.54, 1.807) is 6.07 Å². The molecule has 0 radical (unpaired) electrons. The smallest absolute Gasteiger partial charge is 0.240 e. The largest absolute Gasteiger partial charge is 0.338 e. The molecule has 6 nitrogen and oxygen atoms in total. The molecule has 0 spiro atoms. The minimum atomic E-state index is -0.0237. The van der Waals surface area contributed by atoms with Gasteiger partial charge in [-0.25, -0.2) is 0 Å². The summed E-state index contributed by atoms with van der Waals surface area (Å²) in [7, 11) is 0. The van der Waals surface area contributed by atoms with E-state index >= 15 is 0 Å². The predicted octanol–water partition coefficient (Wildman–Crippen LogP) is 0.888. The fourth-order valence-corrected chi connectivity index (χ4v) is 3.08. The Morgan fingerprint density at radius 2 is 2.20 bits per heavy atom. The van der Waals surface area contributed by atoms with E-state index in [-0.39, 0.29) is 5.91 Å². The average Bonchev–Trinajstić information content (AvgIpc) is 3.03. The van der Waals surface area contributed by atoms with Crippen LogP contribution >= 0.6 is 0 Å². The summed E-state index contributed by atoms with van der Waals surface area (Å²) in [4.78, 5) is 14.2. The zero-order valence-electron chi connectivity index (χ0n) is 12.1. The number of aromatic nitrogens is 1. The van der Waals surface area contributed by atoms with Crippen molar-refractivity contribution in [2.24, 2.45) is 11.8 Å². The SMILES string of the molecule is CC(C)c1cc(NC(=O)CN2C[C@H]3CNC[C@H]3C2)on1.